The molecule has 0 aliphatic carbocycles. The number of nitrogens with one attached hydrogen (secondary N) is 1. The van der Waals surface area contributed by atoms with Crippen LogP contribution in [0.4, 0.5) is 0 Å². The third kappa shape index (κ3) is 3.01. The molecule has 0 saturated carbocycles. The summed E-state index contributed by atoms with van der Waals surface area (Å²) >= 11 is 0. The van der Waals surface area contributed by atoms with Gasteiger partial charge in [-0.1, -0.05) is 6.58 Å². The van der Waals surface area contributed by atoms with E-state index in [4.69, 9.17) is 4.74 Å². The van der Waals surface area contributed by atoms with Crippen LogP contribution >= 0.6 is 0 Å². The van der Waals surface area contributed by atoms with Crippen molar-refractivity contribution < 1.29 is 14.3 Å². The van der Waals surface area contributed by atoms with Crippen LogP contribution in [0.2, 0.25) is 0 Å². The highest BCUT2D eigenvalue weighted by Gasteiger charge is 2.13. The molecular weight excluding hydrogens is 184 g/mol. The number of esters is 1. The van der Waals surface area contributed by atoms with E-state index in [1.807, 2.05) is 0 Å². The van der Waals surface area contributed by atoms with E-state index in [-0.39, 0.29) is 19.1 Å². The van der Waals surface area contributed by atoms with Gasteiger partial charge in [-0.25, -0.2) is 4.79 Å². The fourth-order valence-corrected chi connectivity index (χ4v) is 0.912. The van der Waals surface area contributed by atoms with Crippen molar-refractivity contribution in [2.24, 2.45) is 4.99 Å². The Balaban J connectivity index is 2.19. The monoisotopic (exact) mass is 196 g/mol. The summed E-state index contributed by atoms with van der Waals surface area (Å²) < 4.78 is 4.83. The molecule has 0 aromatic carbocycles. The van der Waals surface area contributed by atoms with Gasteiger partial charge in [-0.15, -0.1) is 0 Å². The summed E-state index contributed by atoms with van der Waals surface area (Å²) in [5.41, 5.74) is 0.363. The van der Waals surface area contributed by atoms with Crippen LogP contribution in [-0.2, 0) is 14.3 Å². The molecule has 0 radical (unpaired) electrons. The zero-order valence-corrected chi connectivity index (χ0v) is 8.00. The van der Waals surface area contributed by atoms with Crippen molar-refractivity contribution in [3.8, 4) is 0 Å². The van der Waals surface area contributed by atoms with Gasteiger partial charge in [-0.05, 0) is 6.92 Å². The molecule has 0 aromatic heterocycles. The summed E-state index contributed by atoms with van der Waals surface area (Å²) in [5.74, 6) is 0.0330. The summed E-state index contributed by atoms with van der Waals surface area (Å²) in [7, 11) is 0. The van der Waals surface area contributed by atoms with Crippen molar-refractivity contribution in [3.05, 3.63) is 12.2 Å². The number of ether oxygens (including phenoxy) is 1. The van der Waals surface area contributed by atoms with E-state index in [1.165, 1.54) is 0 Å². The second-order valence-electron chi connectivity index (χ2n) is 2.98. The number of carbonyl (C=O) groups is 2. The Bertz CT molecular complexity index is 307. The first-order chi connectivity index (χ1) is 6.59. The minimum atomic E-state index is -0.421. The molecule has 0 unspecified atom stereocenters. The molecule has 0 aromatic rings. The molecule has 0 saturated heterocycles. The average Bonchev–Trinajstić information content (AvgIpc) is 2.51. The van der Waals surface area contributed by atoms with E-state index in [0.717, 1.165) is 0 Å². The SMILES string of the molecule is C=C(C)C(=O)OCCC1=NCC(=O)N1. The first-order valence-electron chi connectivity index (χ1n) is 4.25. The molecule has 1 amide bonds. The van der Waals surface area contributed by atoms with E-state index in [0.29, 0.717) is 17.8 Å². The second kappa shape index (κ2) is 4.55. The Morgan fingerprint density at radius 1 is 1.71 bits per heavy atom. The molecule has 1 rings (SSSR count). The normalized spacial score (nSPS) is 14.6. The van der Waals surface area contributed by atoms with E-state index in [2.05, 4.69) is 16.9 Å². The van der Waals surface area contributed by atoms with Gasteiger partial charge in [0.1, 0.15) is 12.4 Å². The molecular formula is C9H12N2O3. The topological polar surface area (TPSA) is 67.8 Å². The average molecular weight is 196 g/mol. The van der Waals surface area contributed by atoms with Crippen molar-refractivity contribution in [2.45, 2.75) is 13.3 Å². The van der Waals surface area contributed by atoms with Gasteiger partial charge in [0.05, 0.1) is 6.61 Å². The lowest BCUT2D eigenvalue weighted by atomic mass is 10.3. The lowest BCUT2D eigenvalue weighted by Gasteiger charge is -2.03. The fraction of sp³-hybridized carbons (Fsp3) is 0.444. The Hall–Kier alpha value is -1.65. The Morgan fingerprint density at radius 2 is 2.43 bits per heavy atom. The largest absolute Gasteiger partial charge is 0.462 e. The quantitative estimate of drug-likeness (QED) is 0.509. The Kier molecular flexibility index (Phi) is 3.39. The highest BCUT2D eigenvalue weighted by Crippen LogP contribution is 1.96. The van der Waals surface area contributed by atoms with Gasteiger partial charge >= 0.3 is 5.97 Å². The van der Waals surface area contributed by atoms with Gasteiger partial charge in [0.25, 0.3) is 0 Å². The molecule has 1 aliphatic heterocycles. The predicted octanol–water partition coefficient (Wildman–Crippen LogP) is 0.0241. The maximum absolute atomic E-state index is 10.9. The van der Waals surface area contributed by atoms with Crippen LogP contribution < -0.4 is 5.32 Å². The molecule has 0 atom stereocenters. The number of carbonyl (C=O) groups excluding carboxylic acids is 2. The third-order valence-electron chi connectivity index (χ3n) is 1.62. The lowest BCUT2D eigenvalue weighted by molar-refractivity contribution is -0.138. The maximum atomic E-state index is 10.9. The number of aliphatic imine (C=N–C) groups is 1. The summed E-state index contributed by atoms with van der Waals surface area (Å²) in [6, 6.07) is 0. The second-order valence-corrected chi connectivity index (χ2v) is 2.98. The summed E-state index contributed by atoms with van der Waals surface area (Å²) in [6.07, 6.45) is 0.435. The number of rotatable bonds is 4. The summed E-state index contributed by atoms with van der Waals surface area (Å²) in [5, 5.41) is 2.55. The maximum Gasteiger partial charge on any atom is 0.333 e. The minimum absolute atomic E-state index is 0.119. The van der Waals surface area contributed by atoms with Gasteiger partial charge in [0.2, 0.25) is 5.91 Å². The molecule has 76 valence electrons. The van der Waals surface area contributed by atoms with E-state index >= 15 is 0 Å². The van der Waals surface area contributed by atoms with E-state index in [9.17, 15) is 9.59 Å². The van der Waals surface area contributed by atoms with Gasteiger partial charge in [-0.3, -0.25) is 9.79 Å². The van der Waals surface area contributed by atoms with Crippen LogP contribution in [0.5, 0.6) is 0 Å². The van der Waals surface area contributed by atoms with E-state index in [1.54, 1.807) is 6.92 Å². The van der Waals surface area contributed by atoms with E-state index < -0.39 is 5.97 Å². The molecule has 1 heterocycles. The van der Waals surface area contributed by atoms with Gasteiger partial charge in [0, 0.05) is 12.0 Å². The molecule has 1 N–H and O–H groups in total. The number of amidine groups is 1. The highest BCUT2D eigenvalue weighted by molar-refractivity contribution is 6.04. The molecule has 5 nitrogen and oxygen atoms in total. The van der Waals surface area contributed by atoms with Gasteiger partial charge in [-0.2, -0.15) is 0 Å². The zero-order chi connectivity index (χ0) is 10.6. The number of hydrogen-bond acceptors (Lipinski definition) is 4. The molecule has 0 bridgehead atoms. The first-order valence-corrected chi connectivity index (χ1v) is 4.25. The molecule has 0 fully saturated rings. The Morgan fingerprint density at radius 3 is 2.93 bits per heavy atom. The van der Waals surface area contributed by atoms with Crippen molar-refractivity contribution in [3.63, 3.8) is 0 Å². The molecule has 1 aliphatic rings. The highest BCUT2D eigenvalue weighted by atomic mass is 16.5. The van der Waals surface area contributed by atoms with Crippen LogP contribution in [-0.4, -0.2) is 30.9 Å². The van der Waals surface area contributed by atoms with Crippen molar-refractivity contribution >= 4 is 17.7 Å². The van der Waals surface area contributed by atoms with Crippen molar-refractivity contribution in [1.82, 2.24) is 5.32 Å². The number of hydrogen-bond donors (Lipinski definition) is 1. The van der Waals surface area contributed by atoms with Crippen LogP contribution in [0.15, 0.2) is 17.1 Å². The van der Waals surface area contributed by atoms with Crippen LogP contribution in [0.25, 0.3) is 0 Å². The smallest absolute Gasteiger partial charge is 0.333 e. The van der Waals surface area contributed by atoms with Gasteiger partial charge < -0.3 is 10.1 Å². The van der Waals surface area contributed by atoms with Crippen LogP contribution in [0.3, 0.4) is 0 Å². The minimum Gasteiger partial charge on any atom is -0.462 e. The fourth-order valence-electron chi connectivity index (χ4n) is 0.912. The lowest BCUT2D eigenvalue weighted by Crippen LogP contribution is -2.25. The standard InChI is InChI=1S/C9H12N2O3/c1-6(2)9(13)14-4-3-7-10-5-8(12)11-7/h1,3-5H2,2H3,(H,10,11,12). The number of nitrogens with zero attached hydrogens (tertiary/aromatic N) is 1. The predicted molar refractivity (Wildman–Crippen MR) is 50.8 cm³/mol. The molecule has 0 spiro atoms. The molecule has 5 heteroatoms. The van der Waals surface area contributed by atoms with Crippen LogP contribution in [0.1, 0.15) is 13.3 Å². The Labute approximate surface area is 81.8 Å². The first kappa shape index (κ1) is 10.4. The summed E-state index contributed by atoms with van der Waals surface area (Å²) in [4.78, 5) is 25.5. The zero-order valence-electron chi connectivity index (χ0n) is 8.00. The van der Waals surface area contributed by atoms with Crippen LogP contribution in [0, 0.1) is 0 Å². The van der Waals surface area contributed by atoms with Crippen molar-refractivity contribution in [2.75, 3.05) is 13.2 Å². The molecule has 14 heavy (non-hydrogen) atoms. The van der Waals surface area contributed by atoms with Gasteiger partial charge in [0.15, 0.2) is 0 Å². The van der Waals surface area contributed by atoms with Crippen molar-refractivity contribution in [1.29, 1.82) is 0 Å². The third-order valence-corrected chi connectivity index (χ3v) is 1.62. The number of amides is 1. The summed E-state index contributed by atoms with van der Waals surface area (Å²) in [6.45, 7) is 5.41.